The van der Waals surface area contributed by atoms with Crippen molar-refractivity contribution in [1.29, 1.82) is 0 Å². The van der Waals surface area contributed by atoms with E-state index in [0.29, 0.717) is 12.1 Å². The predicted molar refractivity (Wildman–Crippen MR) is 143 cm³/mol. The van der Waals surface area contributed by atoms with Crippen molar-refractivity contribution >= 4 is 38.4 Å². The molecule has 0 aliphatic heterocycles. The number of halogens is 1. The Balaban J connectivity index is 1.48. The number of ether oxygens (including phenoxy) is 1. The van der Waals surface area contributed by atoms with E-state index < -0.39 is 15.9 Å². The molecule has 0 aliphatic rings. The van der Waals surface area contributed by atoms with E-state index >= 15 is 0 Å². The first-order valence-corrected chi connectivity index (χ1v) is 13.2. The molecule has 5 rings (SSSR count). The molecular weight excluding hydrogens is 510 g/mol. The molecular formula is C28H22ClN3O4S. The van der Waals surface area contributed by atoms with Crippen molar-refractivity contribution in [1.82, 2.24) is 14.7 Å². The summed E-state index contributed by atoms with van der Waals surface area (Å²) in [5.41, 5.74) is 4.46. The fourth-order valence-corrected chi connectivity index (χ4v) is 5.41. The fraction of sp³-hybridized carbons (Fsp3) is 0.0714. The average Bonchev–Trinajstić information content (AvgIpc) is 3.26. The second-order valence-corrected chi connectivity index (χ2v) is 10.5. The summed E-state index contributed by atoms with van der Waals surface area (Å²) in [4.78, 5) is 20.7. The highest BCUT2D eigenvalue weighted by Crippen LogP contribution is 2.33. The van der Waals surface area contributed by atoms with Crippen LogP contribution < -0.4 is 9.46 Å². The van der Waals surface area contributed by atoms with Crippen molar-refractivity contribution in [2.45, 2.75) is 11.3 Å². The maximum Gasteiger partial charge on any atom is 0.283 e. The number of amides is 1. The number of benzene rings is 3. The minimum Gasteiger partial charge on any atom is -0.497 e. The third kappa shape index (κ3) is 5.21. The van der Waals surface area contributed by atoms with Crippen molar-refractivity contribution in [3.63, 3.8) is 0 Å². The topological polar surface area (TPSA) is 101 Å². The molecule has 0 radical (unpaired) electrons. The second-order valence-electron chi connectivity index (χ2n) is 8.34. The number of pyridine rings is 1. The molecule has 186 valence electrons. The summed E-state index contributed by atoms with van der Waals surface area (Å²) < 4.78 is 32.8. The smallest absolute Gasteiger partial charge is 0.283 e. The summed E-state index contributed by atoms with van der Waals surface area (Å²) in [5.74, 6) is -0.0913. The number of fused-ring (bicyclic) bond motifs is 1. The lowest BCUT2D eigenvalue weighted by Crippen LogP contribution is -2.31. The number of methoxy groups -OCH3 is 1. The molecule has 7 nitrogen and oxygen atoms in total. The van der Waals surface area contributed by atoms with Crippen LogP contribution in [0.3, 0.4) is 0 Å². The van der Waals surface area contributed by atoms with Gasteiger partial charge in [-0.15, -0.1) is 0 Å². The SMILES string of the molecule is COc1ccc2c(Cc3cccc(C(=O)NS(=O)(=O)c4cccc(Cl)c4)n3)c(-c3ccccc3)[nH]c2c1. The quantitative estimate of drug-likeness (QED) is 0.284. The Kier molecular flexibility index (Phi) is 6.69. The number of nitrogens with zero attached hydrogens (tertiary/aromatic N) is 1. The van der Waals surface area contributed by atoms with E-state index in [0.717, 1.165) is 33.5 Å². The summed E-state index contributed by atoms with van der Waals surface area (Å²) in [7, 11) is -2.49. The van der Waals surface area contributed by atoms with Crippen LogP contribution >= 0.6 is 11.6 Å². The molecule has 0 saturated heterocycles. The van der Waals surface area contributed by atoms with E-state index in [1.165, 1.54) is 24.3 Å². The van der Waals surface area contributed by atoms with Gasteiger partial charge in [0.15, 0.2) is 0 Å². The number of hydrogen-bond donors (Lipinski definition) is 2. The Labute approximate surface area is 219 Å². The molecule has 0 saturated carbocycles. The third-order valence-corrected chi connectivity index (χ3v) is 7.47. The highest BCUT2D eigenvalue weighted by molar-refractivity contribution is 7.90. The lowest BCUT2D eigenvalue weighted by Gasteiger charge is -2.09. The Morgan fingerprint density at radius 3 is 2.51 bits per heavy atom. The summed E-state index contributed by atoms with van der Waals surface area (Å²) in [5, 5.41) is 1.25. The van der Waals surface area contributed by atoms with Gasteiger partial charge in [0.1, 0.15) is 11.4 Å². The van der Waals surface area contributed by atoms with E-state index in [-0.39, 0.29) is 15.6 Å². The van der Waals surface area contributed by atoms with Crippen LogP contribution in [-0.4, -0.2) is 31.4 Å². The predicted octanol–water partition coefficient (Wildman–Crippen LogP) is 5.60. The maximum atomic E-state index is 12.8. The van der Waals surface area contributed by atoms with Crippen LogP contribution in [0.5, 0.6) is 5.75 Å². The van der Waals surface area contributed by atoms with Crippen molar-refractivity contribution in [3.05, 3.63) is 113 Å². The number of rotatable bonds is 7. The highest BCUT2D eigenvalue weighted by atomic mass is 35.5. The lowest BCUT2D eigenvalue weighted by molar-refractivity contribution is 0.0976. The zero-order valence-corrected chi connectivity index (χ0v) is 21.3. The molecule has 3 aromatic carbocycles. The number of H-pyrrole nitrogens is 1. The van der Waals surface area contributed by atoms with Crippen LogP contribution in [0.2, 0.25) is 5.02 Å². The molecule has 1 amide bonds. The van der Waals surface area contributed by atoms with Gasteiger partial charge >= 0.3 is 0 Å². The van der Waals surface area contributed by atoms with E-state index in [1.807, 2.05) is 48.5 Å². The largest absolute Gasteiger partial charge is 0.497 e. The number of sulfonamides is 1. The number of aromatic nitrogens is 2. The third-order valence-electron chi connectivity index (χ3n) is 5.91. The van der Waals surface area contributed by atoms with Crippen molar-refractivity contribution in [2.24, 2.45) is 0 Å². The minimum absolute atomic E-state index is 0.00845. The molecule has 0 unspecified atom stereocenters. The Hall–Kier alpha value is -4.14. The molecule has 0 bridgehead atoms. The number of carbonyl (C=O) groups excluding carboxylic acids is 1. The number of carbonyl (C=O) groups is 1. The first kappa shape index (κ1) is 24.5. The van der Waals surface area contributed by atoms with Gasteiger partial charge in [-0.3, -0.25) is 4.79 Å². The van der Waals surface area contributed by atoms with E-state index in [9.17, 15) is 13.2 Å². The summed E-state index contributed by atoms with van der Waals surface area (Å²) in [6.45, 7) is 0. The number of hydrogen-bond acceptors (Lipinski definition) is 5. The summed E-state index contributed by atoms with van der Waals surface area (Å²) in [6, 6.07) is 26.4. The normalized spacial score (nSPS) is 11.4. The molecule has 5 aromatic rings. The molecule has 0 atom stereocenters. The standard InChI is InChI=1S/C28H22ClN3O4S/c1-36-21-13-14-23-24(27(31-26(23)17-21)18-7-3-2-4-8-18)16-20-10-6-12-25(30-20)28(33)32-37(34,35)22-11-5-9-19(29)15-22/h2-15,17,31H,16H2,1H3,(H,32,33). The van der Waals surface area contributed by atoms with Crippen LogP contribution in [0.4, 0.5) is 0 Å². The highest BCUT2D eigenvalue weighted by Gasteiger charge is 2.21. The zero-order valence-electron chi connectivity index (χ0n) is 19.7. The van der Waals surface area contributed by atoms with Gasteiger partial charge in [-0.05, 0) is 53.6 Å². The first-order chi connectivity index (χ1) is 17.8. The molecule has 2 N–H and O–H groups in total. The molecule has 9 heteroatoms. The van der Waals surface area contributed by atoms with E-state index in [1.54, 1.807) is 25.3 Å². The molecule has 2 heterocycles. The second kappa shape index (κ2) is 10.1. The van der Waals surface area contributed by atoms with Crippen LogP contribution in [0.25, 0.3) is 22.2 Å². The molecule has 0 fully saturated rings. The van der Waals surface area contributed by atoms with Gasteiger partial charge in [0.25, 0.3) is 15.9 Å². The first-order valence-electron chi connectivity index (χ1n) is 11.4. The molecule has 2 aromatic heterocycles. The van der Waals surface area contributed by atoms with Crippen molar-refractivity contribution < 1.29 is 17.9 Å². The fourth-order valence-electron chi connectivity index (χ4n) is 4.15. The van der Waals surface area contributed by atoms with E-state index in [4.69, 9.17) is 16.3 Å². The van der Waals surface area contributed by atoms with Crippen LogP contribution in [0, 0.1) is 0 Å². The Bertz CT molecular complexity index is 1720. The Morgan fingerprint density at radius 1 is 0.973 bits per heavy atom. The van der Waals surface area contributed by atoms with Crippen LogP contribution in [0.1, 0.15) is 21.7 Å². The number of nitrogens with one attached hydrogen (secondary N) is 2. The van der Waals surface area contributed by atoms with Gasteiger partial charge in [-0.1, -0.05) is 54.1 Å². The molecule has 0 aliphatic carbocycles. The van der Waals surface area contributed by atoms with Crippen molar-refractivity contribution in [3.8, 4) is 17.0 Å². The monoisotopic (exact) mass is 531 g/mol. The molecule has 0 spiro atoms. The van der Waals surface area contributed by atoms with Gasteiger partial charge in [0, 0.05) is 34.1 Å². The Morgan fingerprint density at radius 2 is 1.76 bits per heavy atom. The summed E-state index contributed by atoms with van der Waals surface area (Å²) in [6.07, 6.45) is 0.415. The average molecular weight is 532 g/mol. The van der Waals surface area contributed by atoms with Gasteiger partial charge < -0.3 is 9.72 Å². The van der Waals surface area contributed by atoms with Crippen molar-refractivity contribution in [2.75, 3.05) is 7.11 Å². The molecule has 37 heavy (non-hydrogen) atoms. The maximum absolute atomic E-state index is 12.8. The van der Waals surface area contributed by atoms with E-state index in [2.05, 4.69) is 14.7 Å². The zero-order chi connectivity index (χ0) is 26.0. The van der Waals surface area contributed by atoms with Crippen LogP contribution in [-0.2, 0) is 16.4 Å². The van der Waals surface area contributed by atoms with Gasteiger partial charge in [-0.25, -0.2) is 18.1 Å². The van der Waals surface area contributed by atoms with Gasteiger partial charge in [0.05, 0.1) is 17.7 Å². The van der Waals surface area contributed by atoms with Gasteiger partial charge in [0.2, 0.25) is 0 Å². The minimum atomic E-state index is -4.11. The van der Waals surface area contributed by atoms with Gasteiger partial charge in [-0.2, -0.15) is 0 Å². The van der Waals surface area contributed by atoms with Crippen LogP contribution in [0.15, 0.2) is 95.9 Å². The summed E-state index contributed by atoms with van der Waals surface area (Å²) >= 11 is 5.91. The lowest BCUT2D eigenvalue weighted by atomic mass is 10.0. The number of aromatic amines is 1.